The minimum absolute atomic E-state index is 0.00740. The number of methoxy groups -OCH3 is 1. The maximum Gasteiger partial charge on any atom is 0.335 e. The van der Waals surface area contributed by atoms with E-state index in [1.807, 2.05) is 4.72 Å². The number of carbonyl (C=O) groups excluding carboxylic acids is 1. The summed E-state index contributed by atoms with van der Waals surface area (Å²) in [6.07, 6.45) is 2.39. The summed E-state index contributed by atoms with van der Waals surface area (Å²) in [4.78, 5) is 28.1. The highest BCUT2D eigenvalue weighted by Crippen LogP contribution is 2.18. The summed E-state index contributed by atoms with van der Waals surface area (Å²) >= 11 is 5.78. The van der Waals surface area contributed by atoms with E-state index >= 15 is 0 Å². The predicted octanol–water partition coefficient (Wildman–Crippen LogP) is 0.752. The van der Waals surface area contributed by atoms with Crippen LogP contribution in [0.15, 0.2) is 34.6 Å². The molecule has 3 heterocycles. The standard InChI is InChI=1S/C14H13ClN6O6S/c1-25-11-6-10(15)17-13(18-11)19-14(22)21-28(23,24)9-7-16-3-2-8(9)12-20-27-5-4-26-12/h2-3,6-7H,4-5H2,1H3,(H2,17,18,19,21,22). The molecule has 0 saturated carbocycles. The second-order valence-electron chi connectivity index (χ2n) is 5.07. The van der Waals surface area contributed by atoms with Gasteiger partial charge in [-0.05, 0) is 11.2 Å². The number of carbonyl (C=O) groups is 1. The summed E-state index contributed by atoms with van der Waals surface area (Å²) in [6, 6.07) is 1.56. The van der Waals surface area contributed by atoms with Crippen LogP contribution in [0.2, 0.25) is 5.15 Å². The van der Waals surface area contributed by atoms with Gasteiger partial charge in [0.15, 0.2) is 6.61 Å². The lowest BCUT2D eigenvalue weighted by Crippen LogP contribution is -2.36. The van der Waals surface area contributed by atoms with Crippen molar-refractivity contribution in [2.24, 2.45) is 5.16 Å². The van der Waals surface area contributed by atoms with Crippen LogP contribution in [-0.4, -0.2) is 55.6 Å². The summed E-state index contributed by atoms with van der Waals surface area (Å²) in [5.41, 5.74) is 0.0793. The van der Waals surface area contributed by atoms with Gasteiger partial charge >= 0.3 is 6.03 Å². The Morgan fingerprint density at radius 2 is 2.14 bits per heavy atom. The van der Waals surface area contributed by atoms with Crippen molar-refractivity contribution in [1.29, 1.82) is 0 Å². The Bertz CT molecular complexity index is 1030. The highest BCUT2D eigenvalue weighted by Gasteiger charge is 2.26. The zero-order valence-corrected chi connectivity index (χ0v) is 15.8. The number of nitrogens with one attached hydrogen (secondary N) is 2. The van der Waals surface area contributed by atoms with E-state index in [1.54, 1.807) is 0 Å². The summed E-state index contributed by atoms with van der Waals surface area (Å²) in [5.74, 6) is -0.214. The molecule has 0 atom stereocenters. The number of hydrogen-bond donors (Lipinski definition) is 2. The van der Waals surface area contributed by atoms with Gasteiger partial charge in [0.2, 0.25) is 11.8 Å². The van der Waals surface area contributed by atoms with Crippen LogP contribution >= 0.6 is 11.6 Å². The molecule has 0 unspecified atom stereocenters. The lowest BCUT2D eigenvalue weighted by atomic mass is 10.2. The molecule has 0 fully saturated rings. The summed E-state index contributed by atoms with van der Waals surface area (Å²) in [7, 11) is -3.00. The number of sulfonamides is 1. The number of nitrogens with zero attached hydrogens (tertiary/aromatic N) is 4. The fraction of sp³-hybridized carbons (Fsp3) is 0.214. The van der Waals surface area contributed by atoms with E-state index in [0.29, 0.717) is 0 Å². The van der Waals surface area contributed by atoms with E-state index in [9.17, 15) is 13.2 Å². The van der Waals surface area contributed by atoms with Crippen LogP contribution in [0.4, 0.5) is 10.7 Å². The molecule has 2 N–H and O–H groups in total. The Morgan fingerprint density at radius 1 is 1.32 bits per heavy atom. The molecule has 0 bridgehead atoms. The van der Waals surface area contributed by atoms with E-state index in [0.717, 1.165) is 6.20 Å². The third kappa shape index (κ3) is 4.55. The average Bonchev–Trinajstić information content (AvgIpc) is 2.67. The van der Waals surface area contributed by atoms with Gasteiger partial charge in [-0.3, -0.25) is 10.3 Å². The van der Waals surface area contributed by atoms with Crippen molar-refractivity contribution in [2.75, 3.05) is 25.6 Å². The lowest BCUT2D eigenvalue weighted by molar-refractivity contribution is 0.0653. The fourth-order valence-electron chi connectivity index (χ4n) is 2.07. The molecule has 12 nitrogen and oxygen atoms in total. The Hall–Kier alpha value is -3.19. The van der Waals surface area contributed by atoms with Crippen molar-refractivity contribution >= 4 is 39.5 Å². The molecule has 3 rings (SSSR count). The summed E-state index contributed by atoms with van der Waals surface area (Å²) in [5, 5.41) is 5.83. The van der Waals surface area contributed by atoms with Crippen molar-refractivity contribution in [3.63, 3.8) is 0 Å². The van der Waals surface area contributed by atoms with Gasteiger partial charge in [0, 0.05) is 18.5 Å². The molecular formula is C14H13ClN6O6S. The molecule has 2 aromatic rings. The van der Waals surface area contributed by atoms with Crippen LogP contribution in [0, 0.1) is 0 Å². The molecule has 14 heteroatoms. The number of ether oxygens (including phenoxy) is 2. The highest BCUT2D eigenvalue weighted by atomic mass is 35.5. The van der Waals surface area contributed by atoms with Gasteiger partial charge in [-0.15, -0.1) is 0 Å². The van der Waals surface area contributed by atoms with Crippen LogP contribution in [-0.2, 0) is 19.6 Å². The molecule has 0 aromatic carbocycles. The number of urea groups is 1. The van der Waals surface area contributed by atoms with E-state index in [4.69, 9.17) is 25.9 Å². The van der Waals surface area contributed by atoms with Crippen LogP contribution < -0.4 is 14.8 Å². The largest absolute Gasteiger partial charge is 0.481 e. The minimum Gasteiger partial charge on any atom is -0.481 e. The van der Waals surface area contributed by atoms with Crippen molar-refractivity contribution in [1.82, 2.24) is 19.7 Å². The normalized spacial score (nSPS) is 13.6. The molecule has 0 radical (unpaired) electrons. The van der Waals surface area contributed by atoms with Crippen LogP contribution in [0.1, 0.15) is 5.56 Å². The Morgan fingerprint density at radius 3 is 2.86 bits per heavy atom. The molecule has 0 spiro atoms. The number of halogens is 1. The van der Waals surface area contributed by atoms with E-state index < -0.39 is 16.1 Å². The maximum absolute atomic E-state index is 12.6. The number of pyridine rings is 1. The lowest BCUT2D eigenvalue weighted by Gasteiger charge is -2.16. The fourth-order valence-corrected chi connectivity index (χ4v) is 3.29. The Labute approximate surface area is 163 Å². The monoisotopic (exact) mass is 428 g/mol. The number of anilines is 1. The number of amides is 2. The Kier molecular flexibility index (Phi) is 5.75. The molecule has 0 aliphatic carbocycles. The zero-order valence-electron chi connectivity index (χ0n) is 14.2. The van der Waals surface area contributed by atoms with Gasteiger partial charge in [0.05, 0.1) is 12.7 Å². The minimum atomic E-state index is -4.35. The zero-order chi connectivity index (χ0) is 20.1. The van der Waals surface area contributed by atoms with Gasteiger partial charge < -0.3 is 14.3 Å². The van der Waals surface area contributed by atoms with Gasteiger partial charge in [0.25, 0.3) is 15.9 Å². The second-order valence-corrected chi connectivity index (χ2v) is 7.10. The molecule has 148 valence electrons. The van der Waals surface area contributed by atoms with Crippen LogP contribution in [0.25, 0.3) is 0 Å². The molecule has 2 aromatic heterocycles. The highest BCUT2D eigenvalue weighted by molar-refractivity contribution is 7.90. The van der Waals surface area contributed by atoms with Gasteiger partial charge in [-0.2, -0.15) is 4.98 Å². The molecule has 28 heavy (non-hydrogen) atoms. The van der Waals surface area contributed by atoms with E-state index in [1.165, 1.54) is 25.4 Å². The van der Waals surface area contributed by atoms with Gasteiger partial charge in [-0.25, -0.2) is 22.9 Å². The van der Waals surface area contributed by atoms with Crippen molar-refractivity contribution < 1.29 is 27.5 Å². The Balaban J connectivity index is 1.82. The second kappa shape index (κ2) is 8.22. The molecule has 2 amide bonds. The first kappa shape index (κ1) is 19.6. The smallest absolute Gasteiger partial charge is 0.335 e. The number of rotatable bonds is 5. The first-order valence-electron chi connectivity index (χ1n) is 7.58. The van der Waals surface area contributed by atoms with Crippen molar-refractivity contribution in [2.45, 2.75) is 4.90 Å². The SMILES string of the molecule is COc1cc(Cl)nc(NC(=O)NS(=O)(=O)c2cnccc2C2=NOCCO2)n1. The number of hydrogen-bond acceptors (Lipinski definition) is 10. The quantitative estimate of drug-likeness (QED) is 0.656. The van der Waals surface area contributed by atoms with Crippen LogP contribution in [0.5, 0.6) is 5.88 Å². The predicted molar refractivity (Wildman–Crippen MR) is 95.6 cm³/mol. The van der Waals surface area contributed by atoms with E-state index in [2.05, 4.69) is 25.4 Å². The topological polar surface area (TPSA) is 154 Å². The first-order valence-corrected chi connectivity index (χ1v) is 9.44. The average molecular weight is 429 g/mol. The van der Waals surface area contributed by atoms with E-state index in [-0.39, 0.29) is 46.6 Å². The van der Waals surface area contributed by atoms with Crippen molar-refractivity contribution in [3.8, 4) is 5.88 Å². The molecule has 0 saturated heterocycles. The number of aromatic nitrogens is 3. The van der Waals surface area contributed by atoms with Gasteiger partial charge in [0.1, 0.15) is 16.7 Å². The van der Waals surface area contributed by atoms with Crippen molar-refractivity contribution in [3.05, 3.63) is 35.2 Å². The first-order chi connectivity index (χ1) is 13.4. The summed E-state index contributed by atoms with van der Waals surface area (Å²) < 4.78 is 37.3. The molecule has 1 aliphatic rings. The van der Waals surface area contributed by atoms with Crippen LogP contribution in [0.3, 0.4) is 0 Å². The third-order valence-corrected chi connectivity index (χ3v) is 4.75. The van der Waals surface area contributed by atoms with Gasteiger partial charge in [-0.1, -0.05) is 11.6 Å². The molecule has 1 aliphatic heterocycles. The molecular weight excluding hydrogens is 416 g/mol. The number of oxime groups is 1. The third-order valence-electron chi connectivity index (χ3n) is 3.20. The maximum atomic E-state index is 12.6. The summed E-state index contributed by atoms with van der Waals surface area (Å²) in [6.45, 7) is 0.433.